The minimum absolute atomic E-state index is 0. The molecule has 0 aromatic rings. The molecule has 0 radical (unpaired) electrons. The first-order chi connectivity index (χ1) is 3.30. The average Bonchev–Trinajstić information content (AvgIpc) is 1.23. The summed E-state index contributed by atoms with van der Waals surface area (Å²) < 4.78 is 0. The van der Waals surface area contributed by atoms with Crippen molar-refractivity contribution in [3.8, 4) is 0 Å². The van der Waals surface area contributed by atoms with E-state index in [9.17, 15) is 4.79 Å². The normalized spacial score (nSPS) is 18.5. The molecule has 8 heavy (non-hydrogen) atoms. The van der Waals surface area contributed by atoms with Gasteiger partial charge >= 0.3 is 5.97 Å². The smallest absolute Gasteiger partial charge is 0.306 e. The Morgan fingerprint density at radius 1 is 1.50 bits per heavy atom. The third-order valence-corrected chi connectivity index (χ3v) is 1.45. The van der Waals surface area contributed by atoms with E-state index in [0.717, 1.165) is 19.3 Å². The van der Waals surface area contributed by atoms with Gasteiger partial charge in [-0.15, -0.1) is 0 Å². The molecule has 0 aromatic heterocycles. The van der Waals surface area contributed by atoms with Crippen molar-refractivity contribution in [1.82, 2.24) is 0 Å². The number of carboxylic acids is 1. The van der Waals surface area contributed by atoms with Crippen LogP contribution in [0, 0.1) is 5.92 Å². The number of carbonyl (C=O) groups is 1. The summed E-state index contributed by atoms with van der Waals surface area (Å²) in [5.74, 6) is -0.619. The zero-order chi connectivity index (χ0) is 5.28. The van der Waals surface area contributed by atoms with Gasteiger partial charge in [0, 0.05) is 26.2 Å². The molecule has 1 aliphatic carbocycles. The summed E-state index contributed by atoms with van der Waals surface area (Å²) in [7, 11) is 0. The molecule has 0 spiro atoms. The zero-order valence-electron chi connectivity index (χ0n) is 4.55. The Morgan fingerprint density at radius 3 is 2.00 bits per heavy atom. The molecule has 0 bridgehead atoms. The second kappa shape index (κ2) is 3.39. The monoisotopic (exact) mass is 190 g/mol. The summed E-state index contributed by atoms with van der Waals surface area (Å²) in [5, 5.41) is 8.23. The summed E-state index contributed by atoms with van der Waals surface area (Å²) in [6.07, 6.45) is 2.90. The molecule has 0 saturated heterocycles. The summed E-state index contributed by atoms with van der Waals surface area (Å²) in [5.41, 5.74) is 0. The van der Waals surface area contributed by atoms with Gasteiger partial charge in [0.2, 0.25) is 0 Å². The van der Waals surface area contributed by atoms with Gasteiger partial charge in [0.15, 0.2) is 0 Å². The molecule has 0 amide bonds. The molecule has 0 heterocycles. The van der Waals surface area contributed by atoms with Gasteiger partial charge in [-0.05, 0) is 12.8 Å². The van der Waals surface area contributed by atoms with Crippen LogP contribution in [0.5, 0.6) is 0 Å². The molecular weight excluding hydrogens is 183 g/mol. The predicted octanol–water partition coefficient (Wildman–Crippen LogP) is 0.869. The fraction of sp³-hybridized carbons (Fsp3) is 0.800. The van der Waals surface area contributed by atoms with Crippen LogP contribution in [0.15, 0.2) is 0 Å². The van der Waals surface area contributed by atoms with Crippen molar-refractivity contribution in [2.24, 2.45) is 5.92 Å². The maximum absolute atomic E-state index is 9.98. The largest absolute Gasteiger partial charge is 0.481 e. The second-order valence-electron chi connectivity index (χ2n) is 1.97. The maximum atomic E-state index is 9.98. The Morgan fingerprint density at radius 2 is 2.00 bits per heavy atom. The van der Waals surface area contributed by atoms with Crippen molar-refractivity contribution in [1.29, 1.82) is 0 Å². The molecule has 0 atom stereocenters. The molecule has 1 fully saturated rings. The Balaban J connectivity index is 0.000000490. The van der Waals surface area contributed by atoms with Crippen molar-refractivity contribution >= 4 is 5.97 Å². The first kappa shape index (κ1) is 8.35. The second-order valence-corrected chi connectivity index (χ2v) is 1.97. The minimum atomic E-state index is -0.619. The Kier molecular flexibility index (Phi) is 3.54. The molecule has 0 aromatic carbocycles. The molecule has 3 heteroatoms. The quantitative estimate of drug-likeness (QED) is 0.668. The van der Waals surface area contributed by atoms with E-state index in [1.54, 1.807) is 0 Å². The standard InChI is InChI=1S/C5H8O2.Zr/c6-5(7)4-2-1-3-4;/h4H,1-3H2,(H,6,7);. The topological polar surface area (TPSA) is 37.3 Å². The summed E-state index contributed by atoms with van der Waals surface area (Å²) in [4.78, 5) is 9.98. The summed E-state index contributed by atoms with van der Waals surface area (Å²) in [6, 6.07) is 0. The van der Waals surface area contributed by atoms with E-state index in [1.165, 1.54) is 0 Å². The Labute approximate surface area is 67.4 Å². The van der Waals surface area contributed by atoms with Crippen molar-refractivity contribution in [3.63, 3.8) is 0 Å². The molecule has 0 unspecified atom stereocenters. The van der Waals surface area contributed by atoms with Crippen LogP contribution in [-0.2, 0) is 31.0 Å². The van der Waals surface area contributed by atoms with E-state index in [4.69, 9.17) is 5.11 Å². The van der Waals surface area contributed by atoms with Crippen LogP contribution in [0.1, 0.15) is 19.3 Å². The van der Waals surface area contributed by atoms with Crippen LogP contribution in [0.3, 0.4) is 0 Å². The Bertz CT molecular complexity index is 88.4. The third-order valence-electron chi connectivity index (χ3n) is 1.45. The fourth-order valence-electron chi connectivity index (χ4n) is 0.655. The SMILES string of the molecule is O=C(O)C1CCC1.[Zr]. The van der Waals surface area contributed by atoms with Gasteiger partial charge in [0.1, 0.15) is 0 Å². The molecule has 1 N–H and O–H groups in total. The maximum Gasteiger partial charge on any atom is 0.306 e. The number of aliphatic carboxylic acids is 1. The summed E-state index contributed by atoms with van der Waals surface area (Å²) in [6.45, 7) is 0. The molecule has 1 aliphatic rings. The van der Waals surface area contributed by atoms with Gasteiger partial charge in [0.05, 0.1) is 5.92 Å². The number of rotatable bonds is 1. The van der Waals surface area contributed by atoms with Gasteiger partial charge in [0.25, 0.3) is 0 Å². The van der Waals surface area contributed by atoms with Crippen molar-refractivity contribution in [3.05, 3.63) is 0 Å². The van der Waals surface area contributed by atoms with Gasteiger partial charge in [-0.3, -0.25) is 4.79 Å². The van der Waals surface area contributed by atoms with E-state index < -0.39 is 5.97 Å². The number of hydrogen-bond donors (Lipinski definition) is 1. The summed E-state index contributed by atoms with van der Waals surface area (Å²) >= 11 is 0. The van der Waals surface area contributed by atoms with Gasteiger partial charge in [-0.2, -0.15) is 0 Å². The molecular formula is C5H8O2Zr. The van der Waals surface area contributed by atoms with E-state index in [2.05, 4.69) is 0 Å². The first-order valence-corrected chi connectivity index (χ1v) is 2.53. The molecule has 1 saturated carbocycles. The minimum Gasteiger partial charge on any atom is -0.481 e. The number of carboxylic acid groups (broad SMARTS) is 1. The van der Waals surface area contributed by atoms with Gasteiger partial charge in [-0.1, -0.05) is 6.42 Å². The molecule has 44 valence electrons. The van der Waals surface area contributed by atoms with Crippen LogP contribution < -0.4 is 0 Å². The zero-order valence-corrected chi connectivity index (χ0v) is 7.01. The molecule has 1 rings (SSSR count). The third kappa shape index (κ3) is 1.70. The predicted molar refractivity (Wildman–Crippen MR) is 25.0 cm³/mol. The van der Waals surface area contributed by atoms with Crippen LogP contribution >= 0.6 is 0 Å². The van der Waals surface area contributed by atoms with Crippen LogP contribution in [0.25, 0.3) is 0 Å². The van der Waals surface area contributed by atoms with Crippen LogP contribution in [0.4, 0.5) is 0 Å². The molecule has 2 nitrogen and oxygen atoms in total. The van der Waals surface area contributed by atoms with Gasteiger partial charge < -0.3 is 5.11 Å². The van der Waals surface area contributed by atoms with E-state index in [0.29, 0.717) is 0 Å². The average molecular weight is 191 g/mol. The van der Waals surface area contributed by atoms with E-state index >= 15 is 0 Å². The van der Waals surface area contributed by atoms with Crippen molar-refractivity contribution < 1.29 is 36.1 Å². The van der Waals surface area contributed by atoms with Crippen LogP contribution in [0.2, 0.25) is 0 Å². The van der Waals surface area contributed by atoms with E-state index in [-0.39, 0.29) is 32.1 Å². The first-order valence-electron chi connectivity index (χ1n) is 2.53. The van der Waals surface area contributed by atoms with Crippen molar-refractivity contribution in [2.75, 3.05) is 0 Å². The number of hydrogen-bond acceptors (Lipinski definition) is 1. The van der Waals surface area contributed by atoms with Gasteiger partial charge in [-0.25, -0.2) is 0 Å². The van der Waals surface area contributed by atoms with Crippen molar-refractivity contribution in [2.45, 2.75) is 19.3 Å². The Hall–Kier alpha value is 0.353. The fourth-order valence-corrected chi connectivity index (χ4v) is 0.655. The van der Waals surface area contributed by atoms with Crippen LogP contribution in [-0.4, -0.2) is 11.1 Å². The molecule has 0 aliphatic heterocycles. The van der Waals surface area contributed by atoms with E-state index in [1.807, 2.05) is 0 Å².